The summed E-state index contributed by atoms with van der Waals surface area (Å²) in [4.78, 5) is 14.8. The number of halogens is 2. The van der Waals surface area contributed by atoms with E-state index in [1.54, 1.807) is 6.92 Å². The number of hydrogen-bond acceptors (Lipinski definition) is 4. The van der Waals surface area contributed by atoms with E-state index < -0.39 is 6.10 Å². The number of carbonyl (C=O) groups excluding carboxylic acids is 1. The summed E-state index contributed by atoms with van der Waals surface area (Å²) in [7, 11) is 0. The Bertz CT molecular complexity index is 849. The van der Waals surface area contributed by atoms with Crippen LogP contribution in [0.3, 0.4) is 0 Å². The first-order valence-electron chi connectivity index (χ1n) is 9.72. The van der Waals surface area contributed by atoms with Crippen molar-refractivity contribution >= 4 is 21.8 Å². The molecule has 0 spiro atoms. The molecule has 2 aromatic rings. The Morgan fingerprint density at radius 1 is 1.34 bits per heavy atom. The Kier molecular flexibility index (Phi) is 7.64. The molecular weight excluding hydrogens is 439 g/mol. The zero-order chi connectivity index (χ0) is 20.8. The van der Waals surface area contributed by atoms with Crippen molar-refractivity contribution in [1.82, 2.24) is 10.2 Å². The lowest BCUT2D eigenvalue weighted by atomic mass is 10.1. The molecule has 7 heteroatoms. The molecule has 0 bridgehead atoms. The van der Waals surface area contributed by atoms with Crippen LogP contribution < -0.4 is 10.1 Å². The molecule has 0 aliphatic carbocycles. The fourth-order valence-corrected chi connectivity index (χ4v) is 3.72. The number of amides is 1. The van der Waals surface area contributed by atoms with Gasteiger partial charge in [0.2, 0.25) is 0 Å². The van der Waals surface area contributed by atoms with E-state index in [0.29, 0.717) is 16.8 Å². The maximum atomic E-state index is 13.2. The van der Waals surface area contributed by atoms with Crippen molar-refractivity contribution in [2.45, 2.75) is 39.1 Å². The molecule has 1 heterocycles. The summed E-state index contributed by atoms with van der Waals surface area (Å²) in [6.45, 7) is 7.66. The molecule has 1 aliphatic rings. The van der Waals surface area contributed by atoms with Gasteiger partial charge in [-0.05, 0) is 59.1 Å². The molecule has 0 saturated carbocycles. The van der Waals surface area contributed by atoms with Gasteiger partial charge in [-0.15, -0.1) is 0 Å². The fraction of sp³-hybridized carbons (Fsp3) is 0.409. The van der Waals surface area contributed by atoms with Crippen molar-refractivity contribution in [3.8, 4) is 5.75 Å². The van der Waals surface area contributed by atoms with Gasteiger partial charge in [0.15, 0.2) is 6.10 Å². The molecule has 0 aromatic heterocycles. The summed E-state index contributed by atoms with van der Waals surface area (Å²) in [5.41, 5.74) is 2.25. The third-order valence-corrected chi connectivity index (χ3v) is 5.38. The maximum Gasteiger partial charge on any atom is 0.261 e. The monoisotopic (exact) mass is 464 g/mol. The van der Waals surface area contributed by atoms with Crippen molar-refractivity contribution in [3.63, 3.8) is 0 Å². The van der Waals surface area contributed by atoms with Gasteiger partial charge >= 0.3 is 0 Å². The van der Waals surface area contributed by atoms with Gasteiger partial charge in [0.1, 0.15) is 11.6 Å². The number of rotatable bonds is 7. The molecule has 1 fully saturated rings. The zero-order valence-electron chi connectivity index (χ0n) is 16.7. The largest absolute Gasteiger partial charge is 0.480 e. The minimum absolute atomic E-state index is 0.228. The quantitative estimate of drug-likeness (QED) is 0.674. The third-order valence-electron chi connectivity index (χ3n) is 4.76. The average Bonchev–Trinajstić information content (AvgIpc) is 2.68. The van der Waals surface area contributed by atoms with Crippen molar-refractivity contribution < 1.29 is 18.7 Å². The summed E-state index contributed by atoms with van der Waals surface area (Å²) < 4.78 is 24.9. The normalized spacial score (nSPS) is 18.3. The topological polar surface area (TPSA) is 50.8 Å². The lowest BCUT2D eigenvalue weighted by Crippen LogP contribution is -2.40. The lowest BCUT2D eigenvalue weighted by Gasteiger charge is -2.31. The predicted molar refractivity (Wildman–Crippen MR) is 113 cm³/mol. The summed E-state index contributed by atoms with van der Waals surface area (Å²) in [6.07, 6.45) is -0.441. The predicted octanol–water partition coefficient (Wildman–Crippen LogP) is 3.89. The van der Waals surface area contributed by atoms with Gasteiger partial charge in [0.25, 0.3) is 5.91 Å². The Morgan fingerprint density at radius 3 is 2.90 bits per heavy atom. The molecule has 1 N–H and O–H groups in total. The summed E-state index contributed by atoms with van der Waals surface area (Å²) >= 11 is 3.24. The average molecular weight is 465 g/mol. The van der Waals surface area contributed by atoms with Crippen molar-refractivity contribution in [1.29, 1.82) is 0 Å². The highest BCUT2D eigenvalue weighted by molar-refractivity contribution is 9.10. The van der Waals surface area contributed by atoms with Crippen LogP contribution in [0.4, 0.5) is 4.39 Å². The van der Waals surface area contributed by atoms with E-state index in [4.69, 9.17) is 9.47 Å². The Labute approximate surface area is 179 Å². The van der Waals surface area contributed by atoms with E-state index in [-0.39, 0.29) is 17.8 Å². The third kappa shape index (κ3) is 6.52. The van der Waals surface area contributed by atoms with Gasteiger partial charge in [-0.1, -0.05) is 24.3 Å². The summed E-state index contributed by atoms with van der Waals surface area (Å²) in [5, 5.41) is 2.90. The first-order valence-corrected chi connectivity index (χ1v) is 10.5. The number of morpholine rings is 1. The van der Waals surface area contributed by atoms with Gasteiger partial charge in [-0.2, -0.15) is 0 Å². The highest BCUT2D eigenvalue weighted by Crippen LogP contribution is 2.26. The van der Waals surface area contributed by atoms with Crippen LogP contribution in [0.5, 0.6) is 5.75 Å². The standard InChI is InChI=1S/C22H26BrFN2O3/c1-15-13-26(8-9-28-15)14-18-5-3-4-17(10-18)12-25-22(27)16(2)29-21-7-6-19(24)11-20(21)23/h3-7,10-11,15-16H,8-9,12-14H2,1-2H3,(H,25,27). The second kappa shape index (κ2) is 10.2. The smallest absolute Gasteiger partial charge is 0.261 e. The van der Waals surface area contributed by atoms with Crippen molar-refractivity contribution in [2.75, 3.05) is 19.7 Å². The van der Waals surface area contributed by atoms with Gasteiger partial charge in [0.05, 0.1) is 17.2 Å². The first kappa shape index (κ1) is 21.7. The lowest BCUT2D eigenvalue weighted by molar-refractivity contribution is -0.127. The van der Waals surface area contributed by atoms with Crippen LogP contribution in [0.25, 0.3) is 0 Å². The molecule has 3 rings (SSSR count). The van der Waals surface area contributed by atoms with Crippen LogP contribution >= 0.6 is 15.9 Å². The number of carbonyl (C=O) groups is 1. The van der Waals surface area contributed by atoms with E-state index in [0.717, 1.165) is 31.8 Å². The molecule has 2 aromatic carbocycles. The van der Waals surface area contributed by atoms with Gasteiger partial charge in [0, 0.05) is 26.2 Å². The molecule has 29 heavy (non-hydrogen) atoms. The van der Waals surface area contributed by atoms with E-state index in [1.165, 1.54) is 23.8 Å². The molecule has 5 nitrogen and oxygen atoms in total. The number of benzene rings is 2. The van der Waals surface area contributed by atoms with Crippen molar-refractivity contribution in [3.05, 3.63) is 63.9 Å². The zero-order valence-corrected chi connectivity index (χ0v) is 18.2. The molecule has 1 aliphatic heterocycles. The number of ether oxygens (including phenoxy) is 2. The van der Waals surface area contributed by atoms with E-state index >= 15 is 0 Å². The van der Waals surface area contributed by atoms with E-state index in [9.17, 15) is 9.18 Å². The number of nitrogens with zero attached hydrogens (tertiary/aromatic N) is 1. The summed E-state index contributed by atoms with van der Waals surface area (Å²) in [5.74, 6) is -0.169. The minimum Gasteiger partial charge on any atom is -0.480 e. The van der Waals surface area contributed by atoms with Crippen LogP contribution in [0.1, 0.15) is 25.0 Å². The molecular formula is C22H26BrFN2O3. The van der Waals surface area contributed by atoms with Gasteiger partial charge in [-0.25, -0.2) is 4.39 Å². The Hall–Kier alpha value is -1.96. The fourth-order valence-electron chi connectivity index (χ4n) is 3.28. The molecule has 0 radical (unpaired) electrons. The van der Waals surface area contributed by atoms with Gasteiger partial charge in [-0.3, -0.25) is 9.69 Å². The highest BCUT2D eigenvalue weighted by Gasteiger charge is 2.18. The van der Waals surface area contributed by atoms with E-state index in [1.807, 2.05) is 12.1 Å². The molecule has 2 atom stereocenters. The summed E-state index contributed by atoms with van der Waals surface area (Å²) in [6, 6.07) is 12.3. The SMILES string of the molecule is CC1CN(Cc2cccc(CNC(=O)C(C)Oc3ccc(F)cc3Br)c2)CCO1. The number of nitrogens with one attached hydrogen (secondary N) is 1. The molecule has 2 unspecified atom stereocenters. The van der Waals surface area contributed by atoms with Crippen LogP contribution in [0.15, 0.2) is 46.9 Å². The van der Waals surface area contributed by atoms with E-state index in [2.05, 4.69) is 45.2 Å². The van der Waals surface area contributed by atoms with Gasteiger partial charge < -0.3 is 14.8 Å². The molecule has 156 valence electrons. The second-order valence-electron chi connectivity index (χ2n) is 7.29. The Morgan fingerprint density at radius 2 is 2.14 bits per heavy atom. The van der Waals surface area contributed by atoms with Crippen LogP contribution in [-0.4, -0.2) is 42.7 Å². The minimum atomic E-state index is -0.699. The Balaban J connectivity index is 1.51. The highest BCUT2D eigenvalue weighted by atomic mass is 79.9. The van der Waals surface area contributed by atoms with Crippen molar-refractivity contribution in [2.24, 2.45) is 0 Å². The second-order valence-corrected chi connectivity index (χ2v) is 8.14. The number of hydrogen-bond donors (Lipinski definition) is 1. The maximum absolute atomic E-state index is 13.2. The molecule has 1 saturated heterocycles. The first-order chi connectivity index (χ1) is 13.9. The van der Waals surface area contributed by atoms with Crippen LogP contribution in [-0.2, 0) is 22.6 Å². The van der Waals surface area contributed by atoms with Crippen LogP contribution in [0, 0.1) is 5.82 Å². The van der Waals surface area contributed by atoms with Crippen LogP contribution in [0.2, 0.25) is 0 Å². The molecule has 1 amide bonds.